The van der Waals surface area contributed by atoms with Crippen molar-refractivity contribution in [2.75, 3.05) is 0 Å². The van der Waals surface area contributed by atoms with Crippen LogP contribution in [0.25, 0.3) is 0 Å². The maximum Gasteiger partial charge on any atom is 0.490 e. The lowest BCUT2D eigenvalue weighted by molar-refractivity contribution is -0.192. The number of carboxylic acid groups (broad SMARTS) is 1. The van der Waals surface area contributed by atoms with Gasteiger partial charge in [0.2, 0.25) is 0 Å². The third kappa shape index (κ3) is 48.0. The predicted octanol–water partition coefficient (Wildman–Crippen LogP) is 0.140. The van der Waals surface area contributed by atoms with Crippen molar-refractivity contribution in [3.8, 4) is 0 Å². The average Bonchev–Trinajstić information content (AvgIpc) is 1.84. The van der Waals surface area contributed by atoms with E-state index in [0.29, 0.717) is 0 Å². The van der Waals surface area contributed by atoms with E-state index in [1.807, 2.05) is 0 Å². The molecule has 0 bridgehead atoms. The van der Waals surface area contributed by atoms with Gasteiger partial charge in [0, 0.05) is 0 Å². The molecule has 6 nitrogen and oxygen atoms in total. The van der Waals surface area contributed by atoms with Crippen LogP contribution in [0.15, 0.2) is 0 Å². The summed E-state index contributed by atoms with van der Waals surface area (Å²) in [6, 6.07) is 0. The molecule has 0 heterocycles. The molecular weight excluding hydrogens is 225 g/mol. The Labute approximate surface area is 81.7 Å². The number of rotatable bonds is 0. The van der Waals surface area contributed by atoms with Crippen LogP contribution in [0.5, 0.6) is 0 Å². The highest BCUT2D eigenvalue weighted by atomic mass is 32.1. The molecule has 0 aliphatic rings. The molecule has 0 aliphatic carbocycles. The largest absolute Gasteiger partial charge is 0.490 e. The average molecular weight is 232 g/mol. The number of carbonyl (C=O) groups is 1. The van der Waals surface area contributed by atoms with Crippen molar-refractivity contribution in [3.63, 3.8) is 0 Å². The Hall–Kier alpha value is -1.67. The highest BCUT2D eigenvalue weighted by Crippen LogP contribution is 2.13. The standard InChI is InChI=1S/C2HF3O2.CH5N3.CHNS/c3-2(4,5)1(6)7;2-1(3)4;2-1-3/h(H,6,7);(H5,2,3,4);2H. The van der Waals surface area contributed by atoms with Gasteiger partial charge in [-0.3, -0.25) is 5.41 Å². The van der Waals surface area contributed by atoms with E-state index < -0.39 is 12.1 Å². The molecule has 0 aromatic heterocycles. The molecule has 0 atom stereocenters. The number of isothiocyanates is 1. The lowest BCUT2D eigenvalue weighted by Crippen LogP contribution is -2.21. The number of halogens is 3. The molecule has 0 fully saturated rings. The molecule has 0 spiro atoms. The van der Waals surface area contributed by atoms with Crippen LogP contribution < -0.4 is 11.5 Å². The highest BCUT2D eigenvalue weighted by molar-refractivity contribution is 7.78. The lowest BCUT2D eigenvalue weighted by Gasteiger charge is -1.93. The fraction of sp³-hybridized carbons (Fsp3) is 0.250. The van der Waals surface area contributed by atoms with Crippen LogP contribution in [-0.2, 0) is 4.79 Å². The molecule has 0 radical (unpaired) electrons. The van der Waals surface area contributed by atoms with Crippen molar-refractivity contribution in [2.24, 2.45) is 11.5 Å². The van der Waals surface area contributed by atoms with Gasteiger partial charge in [-0.25, -0.2) is 10.2 Å². The molecule has 0 saturated carbocycles. The minimum atomic E-state index is -5.08. The van der Waals surface area contributed by atoms with Gasteiger partial charge >= 0.3 is 12.1 Å². The SMILES string of the molecule is N=C(N)N.N=C=S.O=C(O)C(F)(F)F. The van der Waals surface area contributed by atoms with Crippen LogP contribution in [0.3, 0.4) is 0 Å². The third-order valence-electron chi connectivity index (χ3n) is 0.243. The van der Waals surface area contributed by atoms with E-state index in [9.17, 15) is 13.2 Å². The van der Waals surface area contributed by atoms with Gasteiger partial charge in [-0.1, -0.05) is 0 Å². The number of aliphatic carboxylic acids is 1. The number of nitrogens with two attached hydrogens (primary N) is 2. The van der Waals surface area contributed by atoms with Crippen molar-refractivity contribution >= 4 is 29.3 Å². The summed E-state index contributed by atoms with van der Waals surface area (Å²) in [5, 5.41) is 20.5. The number of alkyl halides is 3. The molecule has 0 aromatic carbocycles. The summed E-state index contributed by atoms with van der Waals surface area (Å²) in [6.45, 7) is 0. The minimum absolute atomic E-state index is 0.333. The molecule has 0 amide bonds. The number of hydrogen-bond donors (Lipinski definition) is 5. The first-order valence-corrected chi connectivity index (χ1v) is 2.93. The summed E-state index contributed by atoms with van der Waals surface area (Å²) in [7, 11) is 0. The zero-order chi connectivity index (χ0) is 12.4. The maximum atomic E-state index is 10.6. The second kappa shape index (κ2) is 9.42. The Balaban J connectivity index is -0.000000147. The summed E-state index contributed by atoms with van der Waals surface area (Å²) >= 11 is 3.81. The molecule has 0 unspecified atom stereocenters. The molecule has 0 aliphatic heterocycles. The van der Waals surface area contributed by atoms with Gasteiger partial charge in [-0.05, 0) is 12.2 Å². The van der Waals surface area contributed by atoms with E-state index >= 15 is 0 Å². The Kier molecular flexibility index (Phi) is 12.2. The summed E-state index contributed by atoms with van der Waals surface area (Å²) in [5.74, 6) is -3.09. The smallest absolute Gasteiger partial charge is 0.475 e. The lowest BCUT2D eigenvalue weighted by atomic mass is 10.7. The molecule has 0 saturated heterocycles. The summed E-state index contributed by atoms with van der Waals surface area (Å²) in [6.07, 6.45) is -5.08. The van der Waals surface area contributed by atoms with Gasteiger partial charge in [0.25, 0.3) is 0 Å². The van der Waals surface area contributed by atoms with Crippen molar-refractivity contribution < 1.29 is 23.1 Å². The van der Waals surface area contributed by atoms with E-state index in [-0.39, 0.29) is 5.96 Å². The predicted molar refractivity (Wildman–Crippen MR) is 45.1 cm³/mol. The topological polar surface area (TPSA) is 137 Å². The second-order valence-electron chi connectivity index (χ2n) is 1.36. The second-order valence-corrected chi connectivity index (χ2v) is 1.56. The number of guanidine groups is 1. The van der Waals surface area contributed by atoms with Crippen LogP contribution >= 0.6 is 12.2 Å². The normalized spacial score (nSPS) is 7.93. The Morgan fingerprint density at radius 2 is 1.50 bits per heavy atom. The number of thiocarbonyl (C=S) groups is 1. The third-order valence-corrected chi connectivity index (χ3v) is 0.243. The van der Waals surface area contributed by atoms with Crippen LogP contribution in [0.2, 0.25) is 0 Å². The van der Waals surface area contributed by atoms with Crippen LogP contribution in [0.4, 0.5) is 13.2 Å². The zero-order valence-electron chi connectivity index (χ0n) is 6.55. The molecule has 10 heteroatoms. The summed E-state index contributed by atoms with van der Waals surface area (Å²) in [5.41, 5.74) is 8.94. The van der Waals surface area contributed by atoms with Crippen LogP contribution in [0.1, 0.15) is 0 Å². The van der Waals surface area contributed by atoms with Crippen molar-refractivity contribution in [1.29, 1.82) is 10.8 Å². The Morgan fingerprint density at radius 1 is 1.43 bits per heavy atom. The fourth-order valence-electron chi connectivity index (χ4n) is 0. The zero-order valence-corrected chi connectivity index (χ0v) is 7.37. The Bertz CT molecular complexity index is 219. The first kappa shape index (κ1) is 18.2. The maximum absolute atomic E-state index is 10.6. The molecule has 82 valence electrons. The quantitative estimate of drug-likeness (QED) is 0.230. The minimum Gasteiger partial charge on any atom is -0.475 e. The van der Waals surface area contributed by atoms with E-state index in [1.165, 1.54) is 0 Å². The highest BCUT2D eigenvalue weighted by Gasteiger charge is 2.38. The molecule has 0 aromatic rings. The molecule has 14 heavy (non-hydrogen) atoms. The van der Waals surface area contributed by atoms with Crippen LogP contribution in [0, 0.1) is 10.8 Å². The van der Waals surface area contributed by atoms with E-state index in [0.717, 1.165) is 0 Å². The van der Waals surface area contributed by atoms with Gasteiger partial charge in [-0.15, -0.1) is 0 Å². The van der Waals surface area contributed by atoms with Gasteiger partial charge in [0.05, 0.1) is 5.16 Å². The summed E-state index contributed by atoms with van der Waals surface area (Å²) in [4.78, 5) is 8.90. The molecule has 7 N–H and O–H groups in total. The number of nitrogens with one attached hydrogen (secondary N) is 2. The van der Waals surface area contributed by atoms with Crippen LogP contribution in [-0.4, -0.2) is 28.4 Å². The van der Waals surface area contributed by atoms with Gasteiger partial charge in [0.15, 0.2) is 5.96 Å². The van der Waals surface area contributed by atoms with Gasteiger partial charge in [0.1, 0.15) is 0 Å². The van der Waals surface area contributed by atoms with Crippen molar-refractivity contribution in [1.82, 2.24) is 0 Å². The summed E-state index contributed by atoms with van der Waals surface area (Å²) < 4.78 is 31.7. The first-order valence-electron chi connectivity index (χ1n) is 2.53. The van der Waals surface area contributed by atoms with Crippen molar-refractivity contribution in [2.45, 2.75) is 6.18 Å². The van der Waals surface area contributed by atoms with E-state index in [4.69, 9.17) is 20.7 Å². The van der Waals surface area contributed by atoms with Crippen molar-refractivity contribution in [3.05, 3.63) is 0 Å². The van der Waals surface area contributed by atoms with E-state index in [2.05, 4.69) is 23.7 Å². The Morgan fingerprint density at radius 3 is 1.50 bits per heavy atom. The number of hydrogen-bond acceptors (Lipinski definition) is 4. The van der Waals surface area contributed by atoms with Gasteiger partial charge < -0.3 is 16.6 Å². The monoisotopic (exact) mass is 232 g/mol. The number of carboxylic acids is 1. The molecule has 0 rings (SSSR count). The first-order chi connectivity index (χ1) is 6.09. The molecular formula is C4H7F3N4O2S. The van der Waals surface area contributed by atoms with E-state index in [1.54, 1.807) is 5.16 Å². The van der Waals surface area contributed by atoms with Gasteiger partial charge in [-0.2, -0.15) is 13.2 Å². The fourth-order valence-corrected chi connectivity index (χ4v) is 0.